The molecule has 32 heavy (non-hydrogen) atoms. The number of carbonyl (C=O) groups is 2. The number of aromatic nitrogens is 1. The van der Waals surface area contributed by atoms with E-state index < -0.39 is 5.97 Å². The first-order valence-corrected chi connectivity index (χ1v) is 11.5. The SMILES string of the molecule is CCc1cccc(CC)c1NC(=O)COC(=O)c1cc(-c2cccs2)nc2ccccc12. The van der Waals surface area contributed by atoms with Gasteiger partial charge in [0.05, 0.1) is 21.7 Å². The second kappa shape index (κ2) is 9.75. The Morgan fingerprint density at radius 2 is 1.72 bits per heavy atom. The van der Waals surface area contributed by atoms with Crippen molar-refractivity contribution in [3.05, 3.63) is 82.7 Å². The number of benzene rings is 2. The lowest BCUT2D eigenvalue weighted by Gasteiger charge is -2.14. The minimum absolute atomic E-state index is 0.356. The van der Waals surface area contributed by atoms with Crippen LogP contribution in [0.3, 0.4) is 0 Å². The maximum Gasteiger partial charge on any atom is 0.339 e. The zero-order valence-electron chi connectivity index (χ0n) is 18.1. The number of nitrogens with zero attached hydrogens (tertiary/aromatic N) is 1. The molecule has 2 aromatic carbocycles. The van der Waals surface area contributed by atoms with Gasteiger partial charge in [0.25, 0.3) is 5.91 Å². The van der Waals surface area contributed by atoms with Crippen molar-refractivity contribution in [3.63, 3.8) is 0 Å². The van der Waals surface area contributed by atoms with E-state index in [1.165, 1.54) is 0 Å². The summed E-state index contributed by atoms with van der Waals surface area (Å²) in [6, 6.07) is 19.1. The number of nitrogens with one attached hydrogen (secondary N) is 1. The molecule has 0 atom stereocenters. The molecule has 6 heteroatoms. The van der Waals surface area contributed by atoms with Gasteiger partial charge in [0, 0.05) is 11.1 Å². The molecule has 0 bridgehead atoms. The van der Waals surface area contributed by atoms with Gasteiger partial charge >= 0.3 is 5.97 Å². The van der Waals surface area contributed by atoms with Gasteiger partial charge in [-0.3, -0.25) is 4.79 Å². The van der Waals surface area contributed by atoms with Gasteiger partial charge in [-0.2, -0.15) is 0 Å². The molecule has 0 aliphatic heterocycles. The van der Waals surface area contributed by atoms with E-state index in [0.29, 0.717) is 22.2 Å². The number of para-hydroxylation sites is 2. The fraction of sp³-hybridized carbons (Fsp3) is 0.192. The number of amides is 1. The second-order valence-electron chi connectivity index (χ2n) is 7.33. The van der Waals surface area contributed by atoms with Gasteiger partial charge < -0.3 is 10.1 Å². The van der Waals surface area contributed by atoms with Gasteiger partial charge in [0.1, 0.15) is 0 Å². The van der Waals surface area contributed by atoms with Crippen LogP contribution in [0.1, 0.15) is 35.3 Å². The van der Waals surface area contributed by atoms with E-state index in [0.717, 1.165) is 34.5 Å². The Labute approximate surface area is 191 Å². The first kappa shape index (κ1) is 21.7. The van der Waals surface area contributed by atoms with Crippen LogP contribution >= 0.6 is 11.3 Å². The van der Waals surface area contributed by atoms with E-state index >= 15 is 0 Å². The van der Waals surface area contributed by atoms with Crippen molar-refractivity contribution in [1.29, 1.82) is 0 Å². The Balaban J connectivity index is 1.54. The molecule has 4 aromatic rings. The summed E-state index contributed by atoms with van der Waals surface area (Å²) >= 11 is 1.55. The Morgan fingerprint density at radius 1 is 0.969 bits per heavy atom. The van der Waals surface area contributed by atoms with Gasteiger partial charge in [-0.05, 0) is 47.5 Å². The molecule has 0 radical (unpaired) electrons. The molecule has 0 saturated carbocycles. The van der Waals surface area contributed by atoms with Crippen molar-refractivity contribution in [1.82, 2.24) is 4.98 Å². The summed E-state index contributed by atoms with van der Waals surface area (Å²) in [4.78, 5) is 31.2. The number of carbonyl (C=O) groups excluding carboxylic acids is 2. The summed E-state index contributed by atoms with van der Waals surface area (Å²) in [5.41, 5.74) is 4.75. The Kier molecular flexibility index (Phi) is 6.61. The van der Waals surface area contributed by atoms with Crippen LogP contribution in [0.2, 0.25) is 0 Å². The van der Waals surface area contributed by atoms with Crippen molar-refractivity contribution >= 4 is 39.8 Å². The topological polar surface area (TPSA) is 68.3 Å². The molecule has 0 unspecified atom stereocenters. The molecule has 1 N–H and O–H groups in total. The predicted molar refractivity (Wildman–Crippen MR) is 129 cm³/mol. The smallest absolute Gasteiger partial charge is 0.339 e. The number of hydrogen-bond donors (Lipinski definition) is 1. The van der Waals surface area contributed by atoms with Crippen molar-refractivity contribution in [2.24, 2.45) is 0 Å². The third kappa shape index (κ3) is 4.55. The fourth-order valence-corrected chi connectivity index (χ4v) is 4.37. The van der Waals surface area contributed by atoms with E-state index in [2.05, 4.69) is 10.3 Å². The highest BCUT2D eigenvalue weighted by Gasteiger charge is 2.18. The van der Waals surface area contributed by atoms with E-state index in [-0.39, 0.29) is 12.5 Å². The molecule has 0 fully saturated rings. The van der Waals surface area contributed by atoms with Crippen molar-refractivity contribution in [2.45, 2.75) is 26.7 Å². The number of ether oxygens (including phenoxy) is 1. The highest BCUT2D eigenvalue weighted by atomic mass is 32.1. The van der Waals surface area contributed by atoms with Crippen LogP contribution in [0.15, 0.2) is 66.0 Å². The molecule has 0 spiro atoms. The van der Waals surface area contributed by atoms with Crippen LogP contribution in [0.5, 0.6) is 0 Å². The molecule has 2 heterocycles. The lowest BCUT2D eigenvalue weighted by atomic mass is 10.0. The largest absolute Gasteiger partial charge is 0.452 e. The van der Waals surface area contributed by atoms with Gasteiger partial charge in [-0.1, -0.05) is 56.3 Å². The lowest BCUT2D eigenvalue weighted by molar-refractivity contribution is -0.119. The van der Waals surface area contributed by atoms with Gasteiger partial charge in [-0.15, -0.1) is 11.3 Å². The number of pyridine rings is 1. The zero-order valence-corrected chi connectivity index (χ0v) is 18.9. The molecule has 0 saturated heterocycles. The van der Waals surface area contributed by atoms with Crippen molar-refractivity contribution in [3.8, 4) is 10.6 Å². The summed E-state index contributed by atoms with van der Waals surface area (Å²) in [6.07, 6.45) is 1.61. The number of esters is 1. The Bertz CT molecular complexity index is 1240. The summed E-state index contributed by atoms with van der Waals surface area (Å²) in [5.74, 6) is -0.901. The maximum absolute atomic E-state index is 13.0. The highest BCUT2D eigenvalue weighted by molar-refractivity contribution is 7.13. The zero-order chi connectivity index (χ0) is 22.5. The molecule has 0 aliphatic rings. The molecular formula is C26H24N2O3S. The van der Waals surface area contributed by atoms with Crippen LogP contribution in [-0.4, -0.2) is 23.5 Å². The third-order valence-corrected chi connectivity index (χ3v) is 6.20. The first-order chi connectivity index (χ1) is 15.6. The van der Waals surface area contributed by atoms with Crippen LogP contribution in [-0.2, 0) is 22.4 Å². The average molecular weight is 445 g/mol. The van der Waals surface area contributed by atoms with E-state index in [9.17, 15) is 9.59 Å². The molecule has 0 aliphatic carbocycles. The van der Waals surface area contributed by atoms with Gasteiger partial charge in [0.2, 0.25) is 0 Å². The molecule has 4 rings (SSSR count). The van der Waals surface area contributed by atoms with E-state index in [4.69, 9.17) is 4.74 Å². The lowest BCUT2D eigenvalue weighted by Crippen LogP contribution is -2.22. The van der Waals surface area contributed by atoms with Crippen LogP contribution in [0.25, 0.3) is 21.5 Å². The average Bonchev–Trinajstić information content (AvgIpc) is 3.37. The molecule has 162 valence electrons. The Morgan fingerprint density at radius 3 is 2.41 bits per heavy atom. The Hall–Kier alpha value is -3.51. The number of aryl methyl sites for hydroxylation is 2. The quantitative estimate of drug-likeness (QED) is 0.361. The third-order valence-electron chi connectivity index (χ3n) is 5.31. The molecular weight excluding hydrogens is 420 g/mol. The summed E-state index contributed by atoms with van der Waals surface area (Å²) in [7, 11) is 0. The van der Waals surface area contributed by atoms with Crippen LogP contribution in [0.4, 0.5) is 5.69 Å². The van der Waals surface area contributed by atoms with E-state index in [1.807, 2.05) is 73.8 Å². The summed E-state index contributed by atoms with van der Waals surface area (Å²) in [5, 5.41) is 5.59. The number of hydrogen-bond acceptors (Lipinski definition) is 5. The minimum atomic E-state index is -0.545. The minimum Gasteiger partial charge on any atom is -0.452 e. The maximum atomic E-state index is 13.0. The first-order valence-electron chi connectivity index (χ1n) is 10.6. The standard InChI is InChI=1S/C26H24N2O3S/c1-3-17-9-7-10-18(4-2)25(17)28-24(29)16-31-26(30)20-15-22(23-13-8-14-32-23)27-21-12-6-5-11-19(20)21/h5-15H,3-4,16H2,1-2H3,(H,28,29). The molecule has 2 aromatic heterocycles. The van der Waals surface area contributed by atoms with Crippen LogP contribution < -0.4 is 5.32 Å². The second-order valence-corrected chi connectivity index (χ2v) is 8.28. The van der Waals surface area contributed by atoms with Crippen molar-refractivity contribution < 1.29 is 14.3 Å². The van der Waals surface area contributed by atoms with Gasteiger partial charge in [-0.25, -0.2) is 9.78 Å². The van der Waals surface area contributed by atoms with Crippen molar-refractivity contribution in [2.75, 3.05) is 11.9 Å². The number of thiophene rings is 1. The van der Waals surface area contributed by atoms with Crippen LogP contribution in [0, 0.1) is 0 Å². The van der Waals surface area contributed by atoms with E-state index in [1.54, 1.807) is 17.4 Å². The highest BCUT2D eigenvalue weighted by Crippen LogP contribution is 2.28. The number of rotatable bonds is 7. The number of fused-ring (bicyclic) bond motifs is 1. The van der Waals surface area contributed by atoms with Gasteiger partial charge in [0.15, 0.2) is 6.61 Å². The predicted octanol–water partition coefficient (Wildman–Crippen LogP) is 5.88. The number of anilines is 1. The fourth-order valence-electron chi connectivity index (χ4n) is 3.68. The summed E-state index contributed by atoms with van der Waals surface area (Å²) in [6.45, 7) is 3.74. The summed E-state index contributed by atoms with van der Waals surface area (Å²) < 4.78 is 5.41. The molecule has 5 nitrogen and oxygen atoms in total. The molecule has 1 amide bonds. The monoisotopic (exact) mass is 444 g/mol. The normalized spacial score (nSPS) is 10.8.